The molecule has 78 valence electrons. The fraction of sp³-hybridized carbons (Fsp3) is 0.667. The van der Waals surface area contributed by atoms with Crippen molar-refractivity contribution in [3.63, 3.8) is 0 Å². The molecule has 1 unspecified atom stereocenters. The molecular weight excluding hydrogens is 174 g/mol. The van der Waals surface area contributed by atoms with Gasteiger partial charge in [0.05, 0.1) is 12.3 Å². The summed E-state index contributed by atoms with van der Waals surface area (Å²) >= 11 is 0. The minimum Gasteiger partial charge on any atom is -0.467 e. The van der Waals surface area contributed by atoms with Gasteiger partial charge in [0.25, 0.3) is 0 Å². The maximum Gasteiger partial charge on any atom is 0.123 e. The Labute approximate surface area is 85.5 Å². The van der Waals surface area contributed by atoms with Crippen molar-refractivity contribution in [1.29, 1.82) is 0 Å². The zero-order chi connectivity index (χ0) is 9.97. The van der Waals surface area contributed by atoms with Gasteiger partial charge in [0.15, 0.2) is 0 Å². The van der Waals surface area contributed by atoms with Crippen LogP contribution >= 0.6 is 0 Å². The van der Waals surface area contributed by atoms with E-state index in [0.717, 1.165) is 5.76 Å². The van der Waals surface area contributed by atoms with E-state index in [9.17, 15) is 0 Å². The van der Waals surface area contributed by atoms with E-state index in [1.165, 1.54) is 37.7 Å². The second kappa shape index (κ2) is 4.18. The topological polar surface area (TPSA) is 39.2 Å². The van der Waals surface area contributed by atoms with E-state index in [1.807, 2.05) is 6.07 Å². The number of hydrogen-bond acceptors (Lipinski definition) is 2. The molecule has 0 amide bonds. The van der Waals surface area contributed by atoms with Crippen LogP contribution in [0.4, 0.5) is 0 Å². The third-order valence-corrected chi connectivity index (χ3v) is 3.36. The Kier molecular flexibility index (Phi) is 2.92. The molecule has 0 radical (unpaired) electrons. The van der Waals surface area contributed by atoms with Crippen molar-refractivity contribution in [3.05, 3.63) is 23.7 Å². The van der Waals surface area contributed by atoms with Gasteiger partial charge in [-0.25, -0.2) is 0 Å². The molecule has 0 bridgehead atoms. The second-order valence-corrected chi connectivity index (χ2v) is 4.39. The number of rotatable bonds is 2. The lowest BCUT2D eigenvalue weighted by Crippen LogP contribution is -2.23. The molecule has 2 rings (SSSR count). The van der Waals surface area contributed by atoms with Gasteiger partial charge in [-0.3, -0.25) is 0 Å². The van der Waals surface area contributed by atoms with E-state index in [2.05, 4.69) is 6.92 Å². The highest BCUT2D eigenvalue weighted by atomic mass is 16.3. The summed E-state index contributed by atoms with van der Waals surface area (Å²) in [4.78, 5) is 0. The Bertz CT molecular complexity index is 286. The third kappa shape index (κ3) is 1.85. The molecule has 2 heteroatoms. The van der Waals surface area contributed by atoms with Gasteiger partial charge in [-0.05, 0) is 37.3 Å². The molecule has 1 aromatic rings. The zero-order valence-corrected chi connectivity index (χ0v) is 8.83. The maximum absolute atomic E-state index is 6.22. The number of hydrogen-bond donors (Lipinski definition) is 1. The Morgan fingerprint density at radius 3 is 2.64 bits per heavy atom. The van der Waals surface area contributed by atoms with E-state index in [1.54, 1.807) is 6.26 Å². The standard InChI is InChI=1S/C12H19NO/c1-9-7-8-14-12(9)11(13)10-5-3-2-4-6-10/h7-8,10-11H,2-6,13H2,1H3. The number of aryl methyl sites for hydroxylation is 1. The van der Waals surface area contributed by atoms with Gasteiger partial charge in [-0.2, -0.15) is 0 Å². The lowest BCUT2D eigenvalue weighted by Gasteiger charge is -2.26. The van der Waals surface area contributed by atoms with Crippen LogP contribution < -0.4 is 5.73 Å². The quantitative estimate of drug-likeness (QED) is 0.783. The summed E-state index contributed by atoms with van der Waals surface area (Å²) in [6.45, 7) is 2.07. The summed E-state index contributed by atoms with van der Waals surface area (Å²) < 4.78 is 5.45. The van der Waals surface area contributed by atoms with Gasteiger partial charge >= 0.3 is 0 Å². The van der Waals surface area contributed by atoms with Crippen LogP contribution in [0.3, 0.4) is 0 Å². The van der Waals surface area contributed by atoms with Crippen molar-refractivity contribution in [3.8, 4) is 0 Å². The van der Waals surface area contributed by atoms with Crippen LogP contribution in [-0.2, 0) is 0 Å². The third-order valence-electron chi connectivity index (χ3n) is 3.36. The van der Waals surface area contributed by atoms with Crippen molar-refractivity contribution < 1.29 is 4.42 Å². The monoisotopic (exact) mass is 193 g/mol. The summed E-state index contributed by atoms with van der Waals surface area (Å²) in [6.07, 6.45) is 8.31. The van der Waals surface area contributed by atoms with E-state index in [0.29, 0.717) is 5.92 Å². The molecule has 0 spiro atoms. The molecule has 1 aliphatic rings. The first kappa shape index (κ1) is 9.78. The molecule has 1 atom stereocenters. The smallest absolute Gasteiger partial charge is 0.123 e. The molecule has 1 saturated carbocycles. The largest absolute Gasteiger partial charge is 0.467 e. The first-order chi connectivity index (χ1) is 6.79. The second-order valence-electron chi connectivity index (χ2n) is 4.39. The Balaban J connectivity index is 2.07. The Morgan fingerprint density at radius 2 is 2.07 bits per heavy atom. The van der Waals surface area contributed by atoms with Crippen molar-refractivity contribution in [1.82, 2.24) is 0 Å². The van der Waals surface area contributed by atoms with Crippen LogP contribution in [0.5, 0.6) is 0 Å². The summed E-state index contributed by atoms with van der Waals surface area (Å²) in [5, 5.41) is 0. The minimum atomic E-state index is 0.116. The minimum absolute atomic E-state index is 0.116. The van der Waals surface area contributed by atoms with Crippen molar-refractivity contribution in [2.45, 2.75) is 45.1 Å². The van der Waals surface area contributed by atoms with Crippen LogP contribution in [0, 0.1) is 12.8 Å². The lowest BCUT2D eigenvalue weighted by molar-refractivity contribution is 0.279. The van der Waals surface area contributed by atoms with E-state index >= 15 is 0 Å². The average Bonchev–Trinajstić information content (AvgIpc) is 2.65. The van der Waals surface area contributed by atoms with Crippen LogP contribution in [0.2, 0.25) is 0 Å². The molecular formula is C12H19NO. The summed E-state index contributed by atoms with van der Waals surface area (Å²) in [7, 11) is 0. The van der Waals surface area contributed by atoms with Crippen LogP contribution in [-0.4, -0.2) is 0 Å². The number of nitrogens with two attached hydrogens (primary N) is 1. The molecule has 2 N–H and O–H groups in total. The summed E-state index contributed by atoms with van der Waals surface area (Å²) in [6, 6.07) is 2.11. The normalized spacial score (nSPS) is 21.0. The number of furan rings is 1. The molecule has 2 nitrogen and oxygen atoms in total. The van der Waals surface area contributed by atoms with Gasteiger partial charge in [-0.1, -0.05) is 19.3 Å². The predicted octanol–water partition coefficient (Wildman–Crippen LogP) is 3.17. The van der Waals surface area contributed by atoms with Crippen LogP contribution in [0.1, 0.15) is 49.5 Å². The molecule has 1 aliphatic carbocycles. The van der Waals surface area contributed by atoms with Gasteiger partial charge < -0.3 is 10.2 Å². The fourth-order valence-electron chi connectivity index (χ4n) is 2.43. The maximum atomic E-state index is 6.22. The predicted molar refractivity (Wildman–Crippen MR) is 56.9 cm³/mol. The Morgan fingerprint density at radius 1 is 1.36 bits per heavy atom. The highest BCUT2D eigenvalue weighted by molar-refractivity contribution is 5.18. The highest BCUT2D eigenvalue weighted by Crippen LogP contribution is 2.34. The van der Waals surface area contributed by atoms with Gasteiger partial charge in [0.1, 0.15) is 5.76 Å². The van der Waals surface area contributed by atoms with Crippen molar-refractivity contribution >= 4 is 0 Å². The van der Waals surface area contributed by atoms with Gasteiger partial charge in [0.2, 0.25) is 0 Å². The van der Waals surface area contributed by atoms with Crippen molar-refractivity contribution in [2.75, 3.05) is 0 Å². The highest BCUT2D eigenvalue weighted by Gasteiger charge is 2.24. The van der Waals surface area contributed by atoms with Crippen LogP contribution in [0.15, 0.2) is 16.7 Å². The lowest BCUT2D eigenvalue weighted by atomic mass is 9.83. The summed E-state index contributed by atoms with van der Waals surface area (Å²) in [5.74, 6) is 1.63. The van der Waals surface area contributed by atoms with Gasteiger partial charge in [-0.15, -0.1) is 0 Å². The molecule has 1 heterocycles. The van der Waals surface area contributed by atoms with Gasteiger partial charge in [0, 0.05) is 0 Å². The Hall–Kier alpha value is -0.760. The zero-order valence-electron chi connectivity index (χ0n) is 8.83. The SMILES string of the molecule is Cc1ccoc1C(N)C1CCCCC1. The molecule has 0 aliphatic heterocycles. The fourth-order valence-corrected chi connectivity index (χ4v) is 2.43. The molecule has 0 aromatic carbocycles. The molecule has 14 heavy (non-hydrogen) atoms. The van der Waals surface area contributed by atoms with E-state index in [4.69, 9.17) is 10.2 Å². The summed E-state index contributed by atoms with van der Waals surface area (Å²) in [5.41, 5.74) is 7.42. The van der Waals surface area contributed by atoms with Crippen molar-refractivity contribution in [2.24, 2.45) is 11.7 Å². The molecule has 1 fully saturated rings. The molecule has 1 aromatic heterocycles. The van der Waals surface area contributed by atoms with E-state index < -0.39 is 0 Å². The first-order valence-electron chi connectivity index (χ1n) is 5.58. The first-order valence-corrected chi connectivity index (χ1v) is 5.58. The molecule has 0 saturated heterocycles. The van der Waals surface area contributed by atoms with Crippen LogP contribution in [0.25, 0.3) is 0 Å². The average molecular weight is 193 g/mol. The van der Waals surface area contributed by atoms with E-state index in [-0.39, 0.29) is 6.04 Å².